The van der Waals surface area contributed by atoms with Gasteiger partial charge in [0.25, 0.3) is 0 Å². The molecule has 1 aliphatic rings. The van der Waals surface area contributed by atoms with Crippen LogP contribution in [0.5, 0.6) is 0 Å². The molecule has 0 N–H and O–H groups in total. The van der Waals surface area contributed by atoms with E-state index in [1.807, 2.05) is 0 Å². The van der Waals surface area contributed by atoms with E-state index in [4.69, 9.17) is 21.1 Å². The van der Waals surface area contributed by atoms with Crippen molar-refractivity contribution in [3.63, 3.8) is 0 Å². The Balaban J connectivity index is 1.86. The van der Waals surface area contributed by atoms with Crippen LogP contribution in [0.15, 0.2) is 42.6 Å². The highest BCUT2D eigenvalue weighted by Gasteiger charge is 2.38. The molecule has 36 heavy (non-hydrogen) atoms. The molecular formula is C24H31ClN4O6S. The minimum Gasteiger partial charge on any atom is -0.465 e. The molecular weight excluding hydrogens is 508 g/mol. The van der Waals surface area contributed by atoms with Crippen LogP contribution in [0.2, 0.25) is 5.02 Å². The molecule has 2 aromatic rings. The van der Waals surface area contributed by atoms with E-state index in [1.54, 1.807) is 58.0 Å². The zero-order valence-corrected chi connectivity index (χ0v) is 22.5. The Kier molecular flexibility index (Phi) is 8.48. The van der Waals surface area contributed by atoms with Crippen LogP contribution in [-0.4, -0.2) is 73.1 Å². The number of hydrogen-bond acceptors (Lipinski definition) is 7. The Morgan fingerprint density at radius 3 is 2.47 bits per heavy atom. The molecule has 0 aliphatic carbocycles. The van der Waals surface area contributed by atoms with Gasteiger partial charge in [-0.1, -0.05) is 17.7 Å². The summed E-state index contributed by atoms with van der Waals surface area (Å²) in [6, 6.07) is 9.22. The lowest BCUT2D eigenvalue weighted by molar-refractivity contribution is 0.00855. The number of methoxy groups -OCH3 is 1. The Morgan fingerprint density at radius 2 is 1.92 bits per heavy atom. The molecule has 196 valence electrons. The summed E-state index contributed by atoms with van der Waals surface area (Å²) >= 11 is 6.17. The Morgan fingerprint density at radius 1 is 1.19 bits per heavy atom. The van der Waals surface area contributed by atoms with E-state index in [-0.39, 0.29) is 31.7 Å². The van der Waals surface area contributed by atoms with Gasteiger partial charge in [-0.25, -0.2) is 9.59 Å². The van der Waals surface area contributed by atoms with Crippen LogP contribution >= 0.6 is 11.6 Å². The number of pyridine rings is 1. The summed E-state index contributed by atoms with van der Waals surface area (Å²) in [5.41, 5.74) is 0.389. The normalized spacial score (nSPS) is 16.9. The van der Waals surface area contributed by atoms with Crippen LogP contribution in [-0.2, 0) is 26.2 Å². The maximum absolute atomic E-state index is 13.8. The van der Waals surface area contributed by atoms with Gasteiger partial charge in [-0.2, -0.15) is 12.7 Å². The van der Waals surface area contributed by atoms with Crippen molar-refractivity contribution >= 4 is 39.6 Å². The molecule has 12 heteroatoms. The number of ether oxygens (including phenoxy) is 2. The van der Waals surface area contributed by atoms with E-state index in [9.17, 15) is 18.0 Å². The number of benzene rings is 1. The fourth-order valence-electron chi connectivity index (χ4n) is 3.71. The van der Waals surface area contributed by atoms with Crippen molar-refractivity contribution in [2.24, 2.45) is 0 Å². The molecule has 1 amide bonds. The van der Waals surface area contributed by atoms with Gasteiger partial charge in [0, 0.05) is 36.9 Å². The zero-order valence-electron chi connectivity index (χ0n) is 21.0. The minimum atomic E-state index is -4.04. The third-order valence-electron chi connectivity index (χ3n) is 5.47. The molecule has 1 aromatic carbocycles. The van der Waals surface area contributed by atoms with Gasteiger partial charge in [0.05, 0.1) is 30.6 Å². The summed E-state index contributed by atoms with van der Waals surface area (Å²) in [6.45, 7) is 7.41. The number of rotatable bonds is 6. The largest absolute Gasteiger partial charge is 0.465 e. The van der Waals surface area contributed by atoms with Crippen LogP contribution in [0, 0.1) is 0 Å². The van der Waals surface area contributed by atoms with E-state index < -0.39 is 33.9 Å². The molecule has 3 rings (SSSR count). The Bertz CT molecular complexity index is 1200. The van der Waals surface area contributed by atoms with Crippen LogP contribution in [0.4, 0.5) is 10.5 Å². The maximum atomic E-state index is 13.8. The molecule has 1 fully saturated rings. The lowest BCUT2D eigenvalue weighted by Gasteiger charge is -2.41. The molecule has 0 unspecified atom stereocenters. The molecule has 1 atom stereocenters. The average molecular weight is 539 g/mol. The summed E-state index contributed by atoms with van der Waals surface area (Å²) in [5.74, 6) is -0.537. The lowest BCUT2D eigenvalue weighted by atomic mass is 10.2. The topological polar surface area (TPSA) is 109 Å². The first-order valence-electron chi connectivity index (χ1n) is 11.4. The molecule has 10 nitrogen and oxygen atoms in total. The Labute approximate surface area is 216 Å². The van der Waals surface area contributed by atoms with Gasteiger partial charge in [0.2, 0.25) is 0 Å². The standard InChI is InChI=1S/C24H31ClN4O6S/c1-17-15-27(11-12-28(17)23(31)35-24(2,3)4)36(32,33)29(21-8-6-7-19(25)13-21)16-20-10-9-18(14-26-20)22(30)34-5/h6-10,13-14,17H,11-12,15-16H2,1-5H3/t17-/m0/s1. The summed E-state index contributed by atoms with van der Waals surface area (Å²) in [4.78, 5) is 30.1. The summed E-state index contributed by atoms with van der Waals surface area (Å²) in [7, 11) is -2.77. The molecule has 1 saturated heterocycles. The number of hydrogen-bond donors (Lipinski definition) is 0. The second kappa shape index (κ2) is 11.0. The first-order valence-corrected chi connectivity index (χ1v) is 13.2. The molecule has 0 spiro atoms. The fraction of sp³-hybridized carbons (Fsp3) is 0.458. The first kappa shape index (κ1) is 27.7. The summed E-state index contributed by atoms with van der Waals surface area (Å²) in [6.07, 6.45) is 0.861. The second-order valence-electron chi connectivity index (χ2n) is 9.40. The number of halogens is 1. The highest BCUT2D eigenvalue weighted by atomic mass is 35.5. The van der Waals surface area contributed by atoms with Gasteiger partial charge in [0.1, 0.15) is 5.60 Å². The summed E-state index contributed by atoms with van der Waals surface area (Å²) in [5, 5.41) is 0.379. The van der Waals surface area contributed by atoms with Crippen molar-refractivity contribution in [2.45, 2.75) is 45.9 Å². The van der Waals surface area contributed by atoms with Crippen LogP contribution in [0.3, 0.4) is 0 Å². The predicted octanol–water partition coefficient (Wildman–Crippen LogP) is 3.71. The third kappa shape index (κ3) is 6.65. The molecule has 0 radical (unpaired) electrons. The number of carbonyl (C=O) groups is 2. The third-order valence-corrected chi connectivity index (χ3v) is 7.59. The van der Waals surface area contributed by atoms with Gasteiger partial charge in [0.15, 0.2) is 0 Å². The van der Waals surface area contributed by atoms with E-state index in [0.717, 1.165) is 0 Å². The fourth-order valence-corrected chi connectivity index (χ4v) is 5.56. The highest BCUT2D eigenvalue weighted by Crippen LogP contribution is 2.27. The van der Waals surface area contributed by atoms with E-state index in [0.29, 0.717) is 16.4 Å². The highest BCUT2D eigenvalue weighted by molar-refractivity contribution is 7.90. The van der Waals surface area contributed by atoms with E-state index in [2.05, 4.69) is 4.98 Å². The molecule has 1 aliphatic heterocycles. The van der Waals surface area contributed by atoms with Crippen molar-refractivity contribution < 1.29 is 27.5 Å². The average Bonchev–Trinajstić information content (AvgIpc) is 2.81. The van der Waals surface area contributed by atoms with E-state index in [1.165, 1.54) is 32.9 Å². The minimum absolute atomic E-state index is 0.0906. The maximum Gasteiger partial charge on any atom is 0.410 e. The molecule has 1 aromatic heterocycles. The van der Waals surface area contributed by atoms with Gasteiger partial charge < -0.3 is 14.4 Å². The van der Waals surface area contributed by atoms with Crippen LogP contribution in [0.25, 0.3) is 0 Å². The summed E-state index contributed by atoms with van der Waals surface area (Å²) < 4.78 is 40.4. The number of amides is 1. The van der Waals surface area contributed by atoms with Crippen molar-refractivity contribution in [1.82, 2.24) is 14.2 Å². The van der Waals surface area contributed by atoms with Gasteiger partial charge in [-0.15, -0.1) is 0 Å². The van der Waals surface area contributed by atoms with Gasteiger partial charge in [-0.3, -0.25) is 9.29 Å². The number of carbonyl (C=O) groups excluding carboxylic acids is 2. The van der Waals surface area contributed by atoms with Crippen molar-refractivity contribution in [1.29, 1.82) is 0 Å². The first-order chi connectivity index (χ1) is 16.8. The van der Waals surface area contributed by atoms with Crippen LogP contribution < -0.4 is 4.31 Å². The zero-order chi connectivity index (χ0) is 26.7. The van der Waals surface area contributed by atoms with Gasteiger partial charge >= 0.3 is 22.3 Å². The molecule has 0 saturated carbocycles. The molecule has 0 bridgehead atoms. The second-order valence-corrected chi connectivity index (χ2v) is 11.7. The lowest BCUT2D eigenvalue weighted by Crippen LogP contribution is -2.58. The number of aromatic nitrogens is 1. The van der Waals surface area contributed by atoms with Crippen LogP contribution in [0.1, 0.15) is 43.7 Å². The van der Waals surface area contributed by atoms with Gasteiger partial charge in [-0.05, 0) is 58.0 Å². The van der Waals surface area contributed by atoms with E-state index >= 15 is 0 Å². The number of nitrogens with zero attached hydrogens (tertiary/aromatic N) is 4. The molecule has 2 heterocycles. The van der Waals surface area contributed by atoms with Crippen molar-refractivity contribution in [3.8, 4) is 0 Å². The predicted molar refractivity (Wildman–Crippen MR) is 136 cm³/mol. The quantitative estimate of drug-likeness (QED) is 0.515. The Hall–Kier alpha value is -2.89. The van der Waals surface area contributed by atoms with Crippen molar-refractivity contribution in [3.05, 3.63) is 58.9 Å². The van der Waals surface area contributed by atoms with Crippen molar-refractivity contribution in [2.75, 3.05) is 31.0 Å². The monoisotopic (exact) mass is 538 g/mol. The smallest absolute Gasteiger partial charge is 0.410 e. The number of esters is 1. The number of anilines is 1. The number of piperazine rings is 1. The SMILES string of the molecule is COC(=O)c1ccc(CN(c2cccc(Cl)c2)S(=O)(=O)N2CCN(C(=O)OC(C)(C)C)[C@@H](C)C2)nc1.